The van der Waals surface area contributed by atoms with E-state index in [9.17, 15) is 87.5 Å². The molecule has 36 heteroatoms. The first-order valence-corrected chi connectivity index (χ1v) is 31.0. The zero-order valence-electron chi connectivity index (χ0n) is 53.5. The number of nitrogens with zero attached hydrogens (tertiary/aromatic N) is 1. The summed E-state index contributed by atoms with van der Waals surface area (Å²) in [6, 6.07) is 4.14. The molecule has 36 nitrogen and oxygen atoms in total. The van der Waals surface area contributed by atoms with Gasteiger partial charge in [0.15, 0.2) is 5.96 Å². The number of aliphatic hydroxyl groups excluding tert-OH is 3. The van der Waals surface area contributed by atoms with Crippen molar-refractivity contribution in [3.8, 4) is 5.75 Å². The summed E-state index contributed by atoms with van der Waals surface area (Å²) in [4.78, 5) is 194. The molecule has 4 aromatic rings. The van der Waals surface area contributed by atoms with Crippen molar-refractivity contribution in [1.82, 2.24) is 63.5 Å². The fourth-order valence-corrected chi connectivity index (χ4v) is 10.1. The molecule has 0 saturated carbocycles. The quantitative estimate of drug-likeness (QED) is 0.0112. The number of primary amides is 3. The van der Waals surface area contributed by atoms with Crippen molar-refractivity contribution in [1.29, 1.82) is 0 Å². The van der Waals surface area contributed by atoms with Crippen molar-refractivity contribution in [3.05, 3.63) is 102 Å². The lowest BCUT2D eigenvalue weighted by Crippen LogP contribution is -2.61. The van der Waals surface area contributed by atoms with Crippen molar-refractivity contribution < 1.29 is 87.5 Å². The summed E-state index contributed by atoms with van der Waals surface area (Å²) < 4.78 is 0. The summed E-state index contributed by atoms with van der Waals surface area (Å²) in [6.07, 6.45) is -4.45. The van der Waals surface area contributed by atoms with Gasteiger partial charge in [-0.15, -0.1) is 0 Å². The second-order valence-electron chi connectivity index (χ2n) is 23.2. The molecule has 0 radical (unpaired) electrons. The number of amides is 14. The highest BCUT2D eigenvalue weighted by atomic mass is 16.3. The van der Waals surface area contributed by atoms with Crippen LogP contribution in [-0.2, 0) is 86.4 Å². The monoisotopic (exact) mass is 1370 g/mol. The van der Waals surface area contributed by atoms with Crippen molar-refractivity contribution in [2.75, 3.05) is 19.7 Å². The average Bonchev–Trinajstić information content (AvgIpc) is 1.60. The van der Waals surface area contributed by atoms with Gasteiger partial charge in [-0.3, -0.25) is 72.1 Å². The van der Waals surface area contributed by atoms with E-state index in [2.05, 4.69) is 68.5 Å². The second-order valence-corrected chi connectivity index (χ2v) is 23.2. The number of benzene rings is 3. The average molecular weight is 1370 g/mol. The molecule has 26 N–H and O–H groups in total. The SMILES string of the molecule is CC(O)C(NC(=O)C(Cc1c[nH]c2ccccc12)NC(=O)CNC(=O)C(CCCN=C(N)N)NC(=O)C(CO)NC(=O)C(Cc1ccc(O)cc1)NC(=O)C(CCC(N)=O)NC(=O)C(Cc1ccccc1)NC(=O)C(NC(=O)C1CCC(=O)N1)C(C)O)C(=O)NC(CC(N)=O)C(N)=O. The van der Waals surface area contributed by atoms with Crippen molar-refractivity contribution in [2.45, 2.75) is 151 Å². The van der Waals surface area contributed by atoms with Gasteiger partial charge in [0.25, 0.3) is 0 Å². The van der Waals surface area contributed by atoms with E-state index in [1.54, 1.807) is 60.8 Å². The molecule has 0 aliphatic carbocycles. The summed E-state index contributed by atoms with van der Waals surface area (Å²) in [6.45, 7) is 0.186. The first-order chi connectivity index (χ1) is 46.4. The van der Waals surface area contributed by atoms with E-state index in [0.29, 0.717) is 27.6 Å². The Bertz CT molecular complexity index is 3550. The van der Waals surface area contributed by atoms with Gasteiger partial charge < -0.3 is 113 Å². The molecule has 98 heavy (non-hydrogen) atoms. The number of aromatic nitrogens is 1. The number of fused-ring (bicyclic) bond motifs is 1. The number of nitrogens with one attached hydrogen (secondary N) is 12. The molecule has 5 rings (SSSR count). The van der Waals surface area contributed by atoms with Crippen LogP contribution in [0, 0.1) is 0 Å². The van der Waals surface area contributed by atoms with Crippen LogP contribution < -0.4 is 87.2 Å². The number of phenolic OH excluding ortho intramolecular Hbond substituents is 1. The smallest absolute Gasteiger partial charge is 0.245 e. The molecule has 1 aliphatic rings. The number of aliphatic imine (C=N–C) groups is 1. The van der Waals surface area contributed by atoms with Gasteiger partial charge in [-0.2, -0.15) is 0 Å². The van der Waals surface area contributed by atoms with Gasteiger partial charge in [0.2, 0.25) is 82.7 Å². The van der Waals surface area contributed by atoms with Gasteiger partial charge in [0.1, 0.15) is 66.2 Å². The number of carbonyl (C=O) groups is 14. The van der Waals surface area contributed by atoms with Crippen LogP contribution in [0.25, 0.3) is 10.9 Å². The van der Waals surface area contributed by atoms with E-state index in [1.165, 1.54) is 31.2 Å². The number of H-pyrrole nitrogens is 1. The molecule has 12 unspecified atom stereocenters. The number of guanidine groups is 1. The van der Waals surface area contributed by atoms with E-state index in [0.717, 1.165) is 6.92 Å². The van der Waals surface area contributed by atoms with Crippen molar-refractivity contribution in [2.24, 2.45) is 33.7 Å². The van der Waals surface area contributed by atoms with Gasteiger partial charge in [-0.25, -0.2) is 0 Å². The summed E-state index contributed by atoms with van der Waals surface area (Å²) in [7, 11) is 0. The lowest BCUT2D eigenvalue weighted by molar-refractivity contribution is -0.136. The molecule has 1 fully saturated rings. The van der Waals surface area contributed by atoms with Crippen LogP contribution in [0.2, 0.25) is 0 Å². The van der Waals surface area contributed by atoms with E-state index < -0.39 is 194 Å². The number of carbonyl (C=O) groups excluding carboxylic acids is 14. The largest absolute Gasteiger partial charge is 0.508 e. The van der Waals surface area contributed by atoms with E-state index in [1.807, 2.05) is 0 Å². The van der Waals surface area contributed by atoms with E-state index in [-0.39, 0.29) is 56.8 Å². The molecule has 0 bridgehead atoms. The molecule has 3 aromatic carbocycles. The third-order valence-electron chi connectivity index (χ3n) is 15.3. The highest BCUT2D eigenvalue weighted by Crippen LogP contribution is 2.20. The predicted octanol–water partition coefficient (Wildman–Crippen LogP) is -7.91. The van der Waals surface area contributed by atoms with Gasteiger partial charge in [-0.05, 0) is 74.4 Å². The molecule has 2 heterocycles. The second kappa shape index (κ2) is 37.7. The maximum Gasteiger partial charge on any atom is 0.245 e. The number of rotatable bonds is 39. The van der Waals surface area contributed by atoms with E-state index in [4.69, 9.17) is 28.7 Å². The summed E-state index contributed by atoms with van der Waals surface area (Å²) in [5, 5.41) is 69.0. The fourth-order valence-electron chi connectivity index (χ4n) is 10.1. The maximum absolute atomic E-state index is 14.5. The van der Waals surface area contributed by atoms with Crippen molar-refractivity contribution in [3.63, 3.8) is 0 Å². The Labute approximate surface area is 560 Å². The molecule has 530 valence electrons. The molecule has 0 spiro atoms. The topological polar surface area (TPSA) is 610 Å². The minimum absolute atomic E-state index is 0.0112. The third kappa shape index (κ3) is 24.8. The number of aliphatic hydroxyl groups is 3. The van der Waals surface area contributed by atoms with Crippen LogP contribution >= 0.6 is 0 Å². The standard InChI is InChI=1S/C62H84N18O18/c1-30(82)50(60(97)75-41(52(65)89)26-47(64)86)80-58(95)44(25-34-27-69-37-12-7-6-11-36(34)37)72-49(88)28-70-53(90)38(13-8-22-68-62(66)67)73-59(96)45(29-81)78-57(94)42(24-33-14-16-35(84)17-15-33)76-54(91)40(18-20-46(63)85)74-56(93)43(23-32-9-4-3-5-10-32)77-61(98)51(31(2)83)79-55(92)39-19-21-48(87)71-39/h3-7,9-12,14-17,27,30-31,38-45,50-51,69,81-84H,8,13,18-26,28-29H2,1-2H3,(H2,63,85)(H2,64,86)(H2,65,89)(H,70,90)(H,71,87)(H,72,88)(H,73,96)(H,74,93)(H,75,97)(H,76,91)(H,77,98)(H,78,94)(H,79,92)(H,80,95)(H4,66,67,68). The van der Waals surface area contributed by atoms with Gasteiger partial charge >= 0.3 is 0 Å². The minimum Gasteiger partial charge on any atom is -0.508 e. The summed E-state index contributed by atoms with van der Waals surface area (Å²) in [5.74, 6) is -14.6. The molecular weight excluding hydrogens is 1280 g/mol. The Morgan fingerprint density at radius 3 is 1.63 bits per heavy atom. The highest BCUT2D eigenvalue weighted by molar-refractivity contribution is 6.00. The van der Waals surface area contributed by atoms with Gasteiger partial charge in [-0.1, -0.05) is 60.7 Å². The zero-order chi connectivity index (χ0) is 72.3. The summed E-state index contributed by atoms with van der Waals surface area (Å²) >= 11 is 0. The Hall–Kier alpha value is -11.3. The van der Waals surface area contributed by atoms with Crippen LogP contribution in [0.4, 0.5) is 0 Å². The number of hydrogen-bond donors (Lipinski definition) is 21. The Morgan fingerprint density at radius 1 is 0.561 bits per heavy atom. The number of phenols is 1. The number of hydrogen-bond acceptors (Lipinski definition) is 19. The zero-order valence-corrected chi connectivity index (χ0v) is 53.5. The lowest BCUT2D eigenvalue weighted by atomic mass is 10.0. The molecule has 1 saturated heterocycles. The lowest BCUT2D eigenvalue weighted by Gasteiger charge is -2.28. The fraction of sp³-hybridized carbons (Fsp3) is 0.435. The van der Waals surface area contributed by atoms with Crippen LogP contribution in [0.15, 0.2) is 90.1 Å². The number of nitrogens with two attached hydrogens (primary N) is 5. The maximum atomic E-state index is 14.5. The predicted molar refractivity (Wildman–Crippen MR) is 347 cm³/mol. The van der Waals surface area contributed by atoms with E-state index >= 15 is 0 Å². The van der Waals surface area contributed by atoms with Crippen LogP contribution in [-0.4, -0.2) is 206 Å². The number of para-hydroxylation sites is 1. The van der Waals surface area contributed by atoms with Crippen molar-refractivity contribution >= 4 is 99.6 Å². The van der Waals surface area contributed by atoms with Crippen LogP contribution in [0.3, 0.4) is 0 Å². The molecule has 1 aliphatic heterocycles. The molecular formula is C62H84N18O18. The summed E-state index contributed by atoms with van der Waals surface area (Å²) in [5.41, 5.74) is 28.9. The molecule has 1 aromatic heterocycles. The minimum atomic E-state index is -1.92. The Morgan fingerprint density at radius 2 is 1.07 bits per heavy atom. The Kier molecular flexibility index (Phi) is 29.8. The molecule has 12 atom stereocenters. The normalized spacial score (nSPS) is 15.9. The third-order valence-corrected chi connectivity index (χ3v) is 15.3. The van der Waals surface area contributed by atoms with Crippen LogP contribution in [0.1, 0.15) is 75.5 Å². The first-order valence-electron chi connectivity index (χ1n) is 31.0. The first kappa shape index (κ1) is 77.4. The van der Waals surface area contributed by atoms with Gasteiger partial charge in [0.05, 0.1) is 31.8 Å². The highest BCUT2D eigenvalue weighted by Gasteiger charge is 2.38. The number of aromatic amines is 1. The van der Waals surface area contributed by atoms with Gasteiger partial charge in [0, 0.05) is 55.7 Å². The van der Waals surface area contributed by atoms with Crippen LogP contribution in [0.5, 0.6) is 5.75 Å². The number of aromatic hydroxyl groups is 1. The molecule has 14 amide bonds. The Balaban J connectivity index is 1.36.